The highest BCUT2D eigenvalue weighted by molar-refractivity contribution is 7.92. The summed E-state index contributed by atoms with van der Waals surface area (Å²) in [5.74, 6) is -1.21. The molecule has 100 valence electrons. The van der Waals surface area contributed by atoms with Gasteiger partial charge in [0.15, 0.2) is 0 Å². The van der Waals surface area contributed by atoms with Crippen molar-refractivity contribution in [2.75, 3.05) is 17.1 Å². The second-order valence-corrected chi connectivity index (χ2v) is 5.34. The van der Waals surface area contributed by atoms with Gasteiger partial charge in [0, 0.05) is 0 Å². The Labute approximate surface area is 106 Å². The average molecular weight is 273 g/mol. The van der Waals surface area contributed by atoms with Crippen molar-refractivity contribution in [3.05, 3.63) is 24.3 Å². The number of anilines is 1. The Bertz CT molecular complexity index is 512. The van der Waals surface area contributed by atoms with Crippen LogP contribution in [-0.4, -0.2) is 31.9 Å². The second-order valence-electron chi connectivity index (χ2n) is 3.49. The van der Waals surface area contributed by atoms with Crippen molar-refractivity contribution in [3.8, 4) is 5.75 Å². The number of aliphatic carboxylic acids is 1. The molecule has 0 fully saturated rings. The number of rotatable bonds is 7. The minimum Gasteiger partial charge on any atom is -0.492 e. The van der Waals surface area contributed by atoms with E-state index < -0.39 is 28.2 Å². The monoisotopic (exact) mass is 273 g/mol. The summed E-state index contributed by atoms with van der Waals surface area (Å²) in [6.07, 6.45) is -0.438. The van der Waals surface area contributed by atoms with Gasteiger partial charge in [-0.1, -0.05) is 12.1 Å². The number of hydrogen-bond acceptors (Lipinski definition) is 4. The Balaban J connectivity index is 2.80. The molecule has 0 amide bonds. The van der Waals surface area contributed by atoms with Gasteiger partial charge in [0.1, 0.15) is 5.75 Å². The summed E-state index contributed by atoms with van der Waals surface area (Å²) >= 11 is 0. The molecule has 0 heterocycles. The summed E-state index contributed by atoms with van der Waals surface area (Å²) in [7, 11) is -3.68. The number of carbonyl (C=O) groups is 1. The van der Waals surface area contributed by atoms with E-state index in [4.69, 9.17) is 9.84 Å². The van der Waals surface area contributed by atoms with Gasteiger partial charge in [0.05, 0.1) is 24.5 Å². The molecule has 0 aliphatic carbocycles. The van der Waals surface area contributed by atoms with Crippen molar-refractivity contribution >= 4 is 21.7 Å². The van der Waals surface area contributed by atoms with Gasteiger partial charge in [-0.15, -0.1) is 0 Å². The first-order chi connectivity index (χ1) is 8.44. The maximum atomic E-state index is 11.6. The summed E-state index contributed by atoms with van der Waals surface area (Å²) in [6, 6.07) is 6.58. The highest BCUT2D eigenvalue weighted by atomic mass is 32.2. The van der Waals surface area contributed by atoms with E-state index >= 15 is 0 Å². The molecule has 18 heavy (non-hydrogen) atoms. The lowest BCUT2D eigenvalue weighted by Gasteiger charge is -2.12. The van der Waals surface area contributed by atoms with E-state index in [1.54, 1.807) is 31.2 Å². The lowest BCUT2D eigenvalue weighted by atomic mass is 10.3. The van der Waals surface area contributed by atoms with Gasteiger partial charge in [-0.3, -0.25) is 9.52 Å². The zero-order valence-corrected chi connectivity index (χ0v) is 10.7. The molecule has 7 heteroatoms. The van der Waals surface area contributed by atoms with Crippen LogP contribution in [-0.2, 0) is 14.8 Å². The molecule has 1 rings (SSSR count). The molecule has 0 atom stereocenters. The minimum absolute atomic E-state index is 0.310. The topological polar surface area (TPSA) is 92.7 Å². The summed E-state index contributed by atoms with van der Waals surface area (Å²) in [5.41, 5.74) is 0.310. The fraction of sp³-hybridized carbons (Fsp3) is 0.364. The first kappa shape index (κ1) is 14.3. The molecule has 0 aliphatic rings. The van der Waals surface area contributed by atoms with E-state index in [-0.39, 0.29) is 0 Å². The molecule has 0 saturated carbocycles. The molecule has 1 aromatic carbocycles. The van der Waals surface area contributed by atoms with Crippen LogP contribution >= 0.6 is 0 Å². The molecule has 0 aromatic heterocycles. The number of benzene rings is 1. The zero-order chi connectivity index (χ0) is 13.6. The third-order valence-electron chi connectivity index (χ3n) is 2.04. The third kappa shape index (κ3) is 4.62. The van der Waals surface area contributed by atoms with Crippen molar-refractivity contribution < 1.29 is 23.1 Å². The van der Waals surface area contributed by atoms with Crippen molar-refractivity contribution in [2.24, 2.45) is 0 Å². The van der Waals surface area contributed by atoms with Gasteiger partial charge in [-0.25, -0.2) is 8.42 Å². The predicted molar refractivity (Wildman–Crippen MR) is 67.3 cm³/mol. The normalized spacial score (nSPS) is 10.9. The Morgan fingerprint density at radius 1 is 1.39 bits per heavy atom. The molecular weight excluding hydrogens is 258 g/mol. The fourth-order valence-corrected chi connectivity index (χ4v) is 2.32. The molecule has 0 radical (unpaired) electrons. The molecular formula is C11H15NO5S. The first-order valence-electron chi connectivity index (χ1n) is 5.38. The molecule has 0 aliphatic heterocycles. The number of carboxylic acid groups (broad SMARTS) is 1. The van der Waals surface area contributed by atoms with Crippen LogP contribution in [0.2, 0.25) is 0 Å². The Morgan fingerprint density at radius 2 is 2.06 bits per heavy atom. The second kappa shape index (κ2) is 6.25. The van der Waals surface area contributed by atoms with E-state index in [2.05, 4.69) is 4.72 Å². The molecule has 0 spiro atoms. The summed E-state index contributed by atoms with van der Waals surface area (Å²) in [5, 5.41) is 8.46. The van der Waals surface area contributed by atoms with E-state index in [9.17, 15) is 13.2 Å². The number of carboxylic acids is 1. The maximum absolute atomic E-state index is 11.6. The molecule has 1 aromatic rings. The Hall–Kier alpha value is -1.76. The largest absolute Gasteiger partial charge is 0.492 e. The van der Waals surface area contributed by atoms with Gasteiger partial charge in [0.25, 0.3) is 0 Å². The number of hydrogen-bond donors (Lipinski definition) is 2. The van der Waals surface area contributed by atoms with Crippen molar-refractivity contribution in [2.45, 2.75) is 13.3 Å². The van der Waals surface area contributed by atoms with Crippen LogP contribution in [0.15, 0.2) is 24.3 Å². The number of ether oxygens (including phenoxy) is 1. The molecule has 0 bridgehead atoms. The van der Waals surface area contributed by atoms with Crippen LogP contribution in [0.25, 0.3) is 0 Å². The highest BCUT2D eigenvalue weighted by Crippen LogP contribution is 2.24. The maximum Gasteiger partial charge on any atom is 0.304 e. The molecule has 0 unspecified atom stereocenters. The van der Waals surface area contributed by atoms with Crippen LogP contribution in [0.5, 0.6) is 5.75 Å². The van der Waals surface area contributed by atoms with Crippen molar-refractivity contribution in [1.82, 2.24) is 0 Å². The quantitative estimate of drug-likeness (QED) is 0.781. The van der Waals surface area contributed by atoms with Crippen molar-refractivity contribution in [1.29, 1.82) is 0 Å². The van der Waals surface area contributed by atoms with Crippen LogP contribution < -0.4 is 9.46 Å². The first-order valence-corrected chi connectivity index (χ1v) is 7.04. The van der Waals surface area contributed by atoms with Gasteiger partial charge in [-0.05, 0) is 19.1 Å². The lowest BCUT2D eigenvalue weighted by Crippen LogP contribution is -2.19. The lowest BCUT2D eigenvalue weighted by molar-refractivity contribution is -0.136. The van der Waals surface area contributed by atoms with Gasteiger partial charge in [0.2, 0.25) is 10.0 Å². The predicted octanol–water partition coefficient (Wildman–Crippen LogP) is 1.30. The number of sulfonamides is 1. The Kier molecular flexibility index (Phi) is 4.96. The zero-order valence-electron chi connectivity index (χ0n) is 9.92. The van der Waals surface area contributed by atoms with Crippen LogP contribution in [0, 0.1) is 0 Å². The molecule has 2 N–H and O–H groups in total. The standard InChI is InChI=1S/C11H15NO5S/c1-2-17-10-6-4-3-5-9(10)12-18(15,16)8-7-11(13)14/h3-6,12H,2,7-8H2,1H3,(H,13,14). The van der Waals surface area contributed by atoms with E-state index in [0.29, 0.717) is 18.0 Å². The average Bonchev–Trinajstić information content (AvgIpc) is 2.29. The van der Waals surface area contributed by atoms with Gasteiger partial charge >= 0.3 is 5.97 Å². The van der Waals surface area contributed by atoms with Crippen LogP contribution in [0.1, 0.15) is 13.3 Å². The van der Waals surface area contributed by atoms with Crippen LogP contribution in [0.3, 0.4) is 0 Å². The highest BCUT2D eigenvalue weighted by Gasteiger charge is 2.15. The van der Waals surface area contributed by atoms with E-state index in [0.717, 1.165) is 0 Å². The third-order valence-corrected chi connectivity index (χ3v) is 3.31. The van der Waals surface area contributed by atoms with Gasteiger partial charge < -0.3 is 9.84 Å². The summed E-state index contributed by atoms with van der Waals surface area (Å²) in [6.45, 7) is 2.20. The van der Waals surface area contributed by atoms with E-state index in [1.807, 2.05) is 0 Å². The summed E-state index contributed by atoms with van der Waals surface area (Å²) < 4.78 is 30.8. The molecule has 6 nitrogen and oxygen atoms in total. The van der Waals surface area contributed by atoms with Gasteiger partial charge in [-0.2, -0.15) is 0 Å². The molecule has 0 saturated heterocycles. The smallest absolute Gasteiger partial charge is 0.304 e. The van der Waals surface area contributed by atoms with E-state index in [1.165, 1.54) is 0 Å². The Morgan fingerprint density at radius 3 is 2.67 bits per heavy atom. The number of nitrogens with one attached hydrogen (secondary N) is 1. The van der Waals surface area contributed by atoms with Crippen molar-refractivity contribution in [3.63, 3.8) is 0 Å². The SMILES string of the molecule is CCOc1ccccc1NS(=O)(=O)CCC(=O)O. The van der Waals surface area contributed by atoms with Crippen LogP contribution in [0.4, 0.5) is 5.69 Å². The number of para-hydroxylation sites is 2. The summed E-state index contributed by atoms with van der Waals surface area (Å²) in [4.78, 5) is 10.4. The fourth-order valence-electron chi connectivity index (χ4n) is 1.27. The minimum atomic E-state index is -3.68.